The van der Waals surface area contributed by atoms with Crippen LogP contribution in [0.25, 0.3) is 10.9 Å². The molecule has 0 saturated heterocycles. The highest BCUT2D eigenvalue weighted by Crippen LogP contribution is 2.30. The minimum atomic E-state index is -0.262. The number of hydrogen-bond donors (Lipinski definition) is 0. The lowest BCUT2D eigenvalue weighted by Gasteiger charge is -2.10. The maximum Gasteiger partial charge on any atom is 0.340 e. The van der Waals surface area contributed by atoms with E-state index in [0.29, 0.717) is 12.2 Å². The van der Waals surface area contributed by atoms with E-state index in [4.69, 9.17) is 9.47 Å². The van der Waals surface area contributed by atoms with E-state index in [-0.39, 0.29) is 12.1 Å². The van der Waals surface area contributed by atoms with Crippen molar-refractivity contribution in [2.24, 2.45) is 0 Å². The lowest BCUT2D eigenvalue weighted by molar-refractivity contribution is 0.0527. The van der Waals surface area contributed by atoms with E-state index in [1.165, 1.54) is 0 Å². The zero-order chi connectivity index (χ0) is 16.3. The van der Waals surface area contributed by atoms with Gasteiger partial charge in [0, 0.05) is 23.1 Å². The first-order valence-corrected chi connectivity index (χ1v) is 7.96. The van der Waals surface area contributed by atoms with Crippen LogP contribution in [0.3, 0.4) is 0 Å². The van der Waals surface area contributed by atoms with Crippen LogP contribution in [0.1, 0.15) is 50.2 Å². The van der Waals surface area contributed by atoms with E-state index < -0.39 is 0 Å². The summed E-state index contributed by atoms with van der Waals surface area (Å²) in [7, 11) is 0. The van der Waals surface area contributed by atoms with Crippen LogP contribution >= 0.6 is 0 Å². The first kappa shape index (κ1) is 16.4. The third-order valence-electron chi connectivity index (χ3n) is 3.59. The molecule has 2 rings (SSSR count). The van der Waals surface area contributed by atoms with Crippen molar-refractivity contribution in [2.45, 2.75) is 53.7 Å². The molecule has 1 aromatic heterocycles. The second-order valence-corrected chi connectivity index (χ2v) is 5.68. The highest BCUT2D eigenvalue weighted by atomic mass is 16.5. The molecule has 0 atom stereocenters. The predicted molar refractivity (Wildman–Crippen MR) is 88.7 cm³/mol. The molecule has 0 unspecified atom stereocenters. The minimum absolute atomic E-state index is 0.0994. The van der Waals surface area contributed by atoms with Crippen molar-refractivity contribution in [3.8, 4) is 5.75 Å². The summed E-state index contributed by atoms with van der Waals surface area (Å²) < 4.78 is 13.2. The van der Waals surface area contributed by atoms with Crippen LogP contribution in [-0.2, 0) is 11.3 Å². The molecule has 4 heteroatoms. The van der Waals surface area contributed by atoms with Crippen molar-refractivity contribution < 1.29 is 14.3 Å². The Hall–Kier alpha value is -1.97. The molecule has 0 aliphatic rings. The molecule has 0 fully saturated rings. The van der Waals surface area contributed by atoms with Gasteiger partial charge >= 0.3 is 5.97 Å². The van der Waals surface area contributed by atoms with Gasteiger partial charge in [0.2, 0.25) is 0 Å². The molecule has 1 aromatic carbocycles. The van der Waals surface area contributed by atoms with E-state index in [1.54, 1.807) is 0 Å². The van der Waals surface area contributed by atoms with Crippen LogP contribution in [0.2, 0.25) is 0 Å². The Bertz CT molecular complexity index is 671. The number of hydrogen-bond acceptors (Lipinski definition) is 3. The molecule has 120 valence electrons. The SMILES string of the molecule is CCCn1c(C)c(C(=O)OCC)c2cc(OC(C)C)ccc21. The number of ether oxygens (including phenoxy) is 2. The second-order valence-electron chi connectivity index (χ2n) is 5.68. The first-order valence-electron chi connectivity index (χ1n) is 7.96. The van der Waals surface area contributed by atoms with E-state index in [9.17, 15) is 4.79 Å². The van der Waals surface area contributed by atoms with Crippen molar-refractivity contribution in [2.75, 3.05) is 6.61 Å². The van der Waals surface area contributed by atoms with Crippen LogP contribution in [-0.4, -0.2) is 23.2 Å². The van der Waals surface area contributed by atoms with E-state index in [2.05, 4.69) is 11.5 Å². The lowest BCUT2D eigenvalue weighted by atomic mass is 10.1. The average molecular weight is 303 g/mol. The fourth-order valence-electron chi connectivity index (χ4n) is 2.78. The van der Waals surface area contributed by atoms with Gasteiger partial charge in [0.25, 0.3) is 0 Å². The number of fused-ring (bicyclic) bond motifs is 1. The molecule has 0 amide bonds. The van der Waals surface area contributed by atoms with E-state index >= 15 is 0 Å². The Morgan fingerprint density at radius 1 is 1.27 bits per heavy atom. The quantitative estimate of drug-likeness (QED) is 0.746. The number of benzene rings is 1. The van der Waals surface area contributed by atoms with Gasteiger partial charge in [0.15, 0.2) is 0 Å². The third-order valence-corrected chi connectivity index (χ3v) is 3.59. The van der Waals surface area contributed by atoms with Gasteiger partial charge in [-0.25, -0.2) is 4.79 Å². The normalized spacial score (nSPS) is 11.2. The summed E-state index contributed by atoms with van der Waals surface area (Å²) in [4.78, 5) is 12.4. The summed E-state index contributed by atoms with van der Waals surface area (Å²) in [5, 5.41) is 0.905. The molecule has 0 bridgehead atoms. The molecule has 0 saturated carbocycles. The zero-order valence-corrected chi connectivity index (χ0v) is 14.1. The standard InChI is InChI=1S/C18H25NO3/c1-6-10-19-13(5)17(18(20)21-7-2)15-11-14(22-12(3)4)8-9-16(15)19/h8-9,11-12H,6-7,10H2,1-5H3. The van der Waals surface area contributed by atoms with Crippen molar-refractivity contribution >= 4 is 16.9 Å². The van der Waals surface area contributed by atoms with Crippen molar-refractivity contribution in [3.63, 3.8) is 0 Å². The summed E-state index contributed by atoms with van der Waals surface area (Å²) in [5.74, 6) is 0.517. The van der Waals surface area contributed by atoms with Crippen LogP contribution in [0.5, 0.6) is 5.75 Å². The van der Waals surface area contributed by atoms with Gasteiger partial charge in [-0.2, -0.15) is 0 Å². The monoisotopic (exact) mass is 303 g/mol. The number of carbonyl (C=O) groups is 1. The lowest BCUT2D eigenvalue weighted by Crippen LogP contribution is -2.07. The molecular weight excluding hydrogens is 278 g/mol. The molecule has 1 heterocycles. The smallest absolute Gasteiger partial charge is 0.340 e. The van der Waals surface area contributed by atoms with Gasteiger partial charge in [-0.05, 0) is 52.3 Å². The fourth-order valence-corrected chi connectivity index (χ4v) is 2.78. The number of nitrogens with zero attached hydrogens (tertiary/aromatic N) is 1. The number of esters is 1. The Kier molecular flexibility index (Phi) is 5.11. The number of aromatic nitrogens is 1. The van der Waals surface area contributed by atoms with Crippen molar-refractivity contribution in [1.82, 2.24) is 4.57 Å². The van der Waals surface area contributed by atoms with Crippen LogP contribution < -0.4 is 4.74 Å². The Labute approximate surface area is 132 Å². The Balaban J connectivity index is 2.62. The van der Waals surface area contributed by atoms with Gasteiger partial charge in [-0.1, -0.05) is 6.92 Å². The van der Waals surface area contributed by atoms with E-state index in [1.807, 2.05) is 45.9 Å². The topological polar surface area (TPSA) is 40.5 Å². The Morgan fingerprint density at radius 3 is 2.59 bits per heavy atom. The molecule has 0 N–H and O–H groups in total. The van der Waals surface area contributed by atoms with Crippen LogP contribution in [0.15, 0.2) is 18.2 Å². The van der Waals surface area contributed by atoms with E-state index in [0.717, 1.165) is 35.3 Å². The highest BCUT2D eigenvalue weighted by molar-refractivity contribution is 6.06. The molecule has 2 aromatic rings. The molecule has 22 heavy (non-hydrogen) atoms. The summed E-state index contributed by atoms with van der Waals surface area (Å²) in [5.41, 5.74) is 2.66. The number of rotatable bonds is 6. The van der Waals surface area contributed by atoms with Gasteiger partial charge in [-0.3, -0.25) is 0 Å². The third kappa shape index (κ3) is 3.11. The number of carbonyl (C=O) groups excluding carboxylic acids is 1. The molecule has 4 nitrogen and oxygen atoms in total. The van der Waals surface area contributed by atoms with Crippen molar-refractivity contribution in [1.29, 1.82) is 0 Å². The maximum absolute atomic E-state index is 12.4. The zero-order valence-electron chi connectivity index (χ0n) is 14.1. The van der Waals surface area contributed by atoms with Gasteiger partial charge < -0.3 is 14.0 Å². The van der Waals surface area contributed by atoms with Gasteiger partial charge in [0.05, 0.1) is 18.3 Å². The van der Waals surface area contributed by atoms with Crippen LogP contribution in [0, 0.1) is 6.92 Å². The Morgan fingerprint density at radius 2 is 2.00 bits per heavy atom. The fraction of sp³-hybridized carbons (Fsp3) is 0.500. The van der Waals surface area contributed by atoms with Gasteiger partial charge in [0.1, 0.15) is 5.75 Å². The summed E-state index contributed by atoms with van der Waals surface area (Å²) in [6.07, 6.45) is 1.11. The van der Waals surface area contributed by atoms with Gasteiger partial charge in [-0.15, -0.1) is 0 Å². The summed E-state index contributed by atoms with van der Waals surface area (Å²) >= 11 is 0. The average Bonchev–Trinajstić information content (AvgIpc) is 2.71. The molecule has 0 spiro atoms. The summed E-state index contributed by atoms with van der Waals surface area (Å²) in [6, 6.07) is 5.93. The highest BCUT2D eigenvalue weighted by Gasteiger charge is 2.21. The van der Waals surface area contributed by atoms with Crippen LogP contribution in [0.4, 0.5) is 0 Å². The van der Waals surface area contributed by atoms with Crippen molar-refractivity contribution in [3.05, 3.63) is 29.5 Å². The molecule has 0 aliphatic heterocycles. The predicted octanol–water partition coefficient (Wildman–Crippen LogP) is 4.32. The molecule has 0 radical (unpaired) electrons. The maximum atomic E-state index is 12.4. The molecule has 0 aliphatic carbocycles. The second kappa shape index (κ2) is 6.86. The minimum Gasteiger partial charge on any atom is -0.491 e. The summed E-state index contributed by atoms with van der Waals surface area (Å²) in [6.45, 7) is 11.2. The first-order chi connectivity index (χ1) is 10.5. The number of aryl methyl sites for hydroxylation is 1. The largest absolute Gasteiger partial charge is 0.491 e. The molecular formula is C18H25NO3.